The maximum atomic E-state index is 11.9. The van der Waals surface area contributed by atoms with Crippen LogP contribution >= 0.6 is 0 Å². The van der Waals surface area contributed by atoms with Crippen molar-refractivity contribution in [3.05, 3.63) is 0 Å². The standard InChI is InChI=1S/C11H18F3NO3/c1-8-3-2-4-10(5-8,6-16)15-9(17)18-7-11(12,13)14/h8,16H,2-7H2,1H3,(H,15,17). The van der Waals surface area contributed by atoms with E-state index in [1.54, 1.807) is 0 Å². The predicted octanol–water partition coefficient (Wildman–Crippen LogP) is 2.22. The molecule has 1 saturated carbocycles. The normalized spacial score (nSPS) is 28.8. The van der Waals surface area contributed by atoms with Crippen LogP contribution in [0.25, 0.3) is 0 Å². The van der Waals surface area contributed by atoms with Crippen LogP contribution in [0.3, 0.4) is 0 Å². The Morgan fingerprint density at radius 3 is 2.72 bits per heavy atom. The van der Waals surface area contributed by atoms with Gasteiger partial charge in [-0.05, 0) is 18.8 Å². The van der Waals surface area contributed by atoms with Gasteiger partial charge in [-0.25, -0.2) is 4.79 Å². The number of nitrogens with one attached hydrogen (secondary N) is 1. The monoisotopic (exact) mass is 269 g/mol. The zero-order chi connectivity index (χ0) is 13.8. The zero-order valence-electron chi connectivity index (χ0n) is 10.2. The number of alkyl carbamates (subject to hydrolysis) is 1. The van der Waals surface area contributed by atoms with Crippen LogP contribution < -0.4 is 5.32 Å². The van der Waals surface area contributed by atoms with Gasteiger partial charge in [0.15, 0.2) is 6.61 Å². The van der Waals surface area contributed by atoms with E-state index in [0.717, 1.165) is 12.8 Å². The van der Waals surface area contributed by atoms with E-state index in [-0.39, 0.29) is 6.61 Å². The summed E-state index contributed by atoms with van der Waals surface area (Å²) in [6, 6.07) is 0. The van der Waals surface area contributed by atoms with Crippen LogP contribution in [-0.2, 0) is 4.74 Å². The lowest BCUT2D eigenvalue weighted by Gasteiger charge is -2.38. The Bertz CT molecular complexity index is 296. The second-order valence-corrected chi connectivity index (χ2v) is 4.96. The van der Waals surface area contributed by atoms with Gasteiger partial charge in [-0.15, -0.1) is 0 Å². The molecule has 7 heteroatoms. The van der Waals surface area contributed by atoms with Crippen molar-refractivity contribution in [2.75, 3.05) is 13.2 Å². The van der Waals surface area contributed by atoms with Crippen molar-refractivity contribution >= 4 is 6.09 Å². The maximum Gasteiger partial charge on any atom is 0.422 e. The van der Waals surface area contributed by atoms with Gasteiger partial charge >= 0.3 is 12.3 Å². The lowest BCUT2D eigenvalue weighted by molar-refractivity contribution is -0.160. The average Bonchev–Trinajstić information content (AvgIpc) is 2.25. The summed E-state index contributed by atoms with van der Waals surface area (Å²) in [4.78, 5) is 11.3. The molecule has 2 atom stereocenters. The average molecular weight is 269 g/mol. The molecule has 18 heavy (non-hydrogen) atoms. The molecule has 0 saturated heterocycles. The van der Waals surface area contributed by atoms with Gasteiger partial charge < -0.3 is 15.2 Å². The van der Waals surface area contributed by atoms with Gasteiger partial charge in [-0.1, -0.05) is 19.8 Å². The second-order valence-electron chi connectivity index (χ2n) is 4.96. The second kappa shape index (κ2) is 5.77. The molecule has 1 aliphatic carbocycles. The highest BCUT2D eigenvalue weighted by molar-refractivity contribution is 5.68. The van der Waals surface area contributed by atoms with E-state index in [0.29, 0.717) is 18.8 Å². The number of carbonyl (C=O) groups excluding carboxylic acids is 1. The van der Waals surface area contributed by atoms with E-state index in [1.807, 2.05) is 6.92 Å². The van der Waals surface area contributed by atoms with E-state index < -0.39 is 24.4 Å². The summed E-state index contributed by atoms with van der Waals surface area (Å²) in [5, 5.41) is 11.7. The molecule has 0 aliphatic heterocycles. The number of alkyl halides is 3. The molecule has 1 aliphatic rings. The van der Waals surface area contributed by atoms with Crippen molar-refractivity contribution in [3.8, 4) is 0 Å². The van der Waals surface area contributed by atoms with Crippen LogP contribution in [0.15, 0.2) is 0 Å². The third-order valence-corrected chi connectivity index (χ3v) is 3.13. The largest absolute Gasteiger partial charge is 0.440 e. The molecule has 0 spiro atoms. The first kappa shape index (κ1) is 15.1. The van der Waals surface area contributed by atoms with Gasteiger partial charge in [-0.2, -0.15) is 13.2 Å². The van der Waals surface area contributed by atoms with Gasteiger partial charge in [0, 0.05) is 0 Å². The van der Waals surface area contributed by atoms with Crippen LogP contribution in [0.4, 0.5) is 18.0 Å². The molecule has 0 aromatic carbocycles. The van der Waals surface area contributed by atoms with Crippen LogP contribution in [-0.4, -0.2) is 36.1 Å². The molecule has 2 unspecified atom stereocenters. The van der Waals surface area contributed by atoms with Crippen molar-refractivity contribution in [1.29, 1.82) is 0 Å². The highest BCUT2D eigenvalue weighted by Crippen LogP contribution is 2.32. The molecule has 0 heterocycles. The SMILES string of the molecule is CC1CCCC(CO)(NC(=O)OCC(F)(F)F)C1. The van der Waals surface area contributed by atoms with Crippen molar-refractivity contribution in [1.82, 2.24) is 5.32 Å². The Kier molecular flexibility index (Phi) is 4.84. The summed E-state index contributed by atoms with van der Waals surface area (Å²) in [6.45, 7) is 0.0701. The van der Waals surface area contributed by atoms with Gasteiger partial charge in [0.05, 0.1) is 12.1 Å². The molecule has 1 rings (SSSR count). The first-order valence-electron chi connectivity index (χ1n) is 5.89. The quantitative estimate of drug-likeness (QED) is 0.826. The Morgan fingerprint density at radius 2 is 2.22 bits per heavy atom. The number of rotatable bonds is 3. The summed E-state index contributed by atoms with van der Waals surface area (Å²) in [5.74, 6) is 0.314. The van der Waals surface area contributed by atoms with Crippen molar-refractivity contribution < 1.29 is 27.8 Å². The number of hydrogen-bond donors (Lipinski definition) is 2. The summed E-state index contributed by atoms with van der Waals surface area (Å²) < 4.78 is 39.7. The van der Waals surface area contributed by atoms with Crippen LogP contribution in [0.1, 0.15) is 32.6 Å². The molecule has 1 fully saturated rings. The minimum Gasteiger partial charge on any atom is -0.440 e. The number of hydrogen-bond acceptors (Lipinski definition) is 3. The first-order chi connectivity index (χ1) is 8.26. The summed E-state index contributed by atoms with van der Waals surface area (Å²) >= 11 is 0. The summed E-state index contributed by atoms with van der Waals surface area (Å²) in [5.41, 5.74) is -0.847. The number of aliphatic hydroxyl groups excluding tert-OH is 1. The smallest absolute Gasteiger partial charge is 0.422 e. The van der Waals surface area contributed by atoms with Gasteiger partial charge in [0.25, 0.3) is 0 Å². The maximum absolute atomic E-state index is 11.9. The predicted molar refractivity (Wildman–Crippen MR) is 58.0 cm³/mol. The van der Waals surface area contributed by atoms with E-state index in [4.69, 9.17) is 0 Å². The summed E-state index contributed by atoms with van der Waals surface area (Å²) in [6.07, 6.45) is -2.76. The molecule has 0 aromatic heterocycles. The minimum atomic E-state index is -4.54. The Labute approximate surface area is 103 Å². The molecular weight excluding hydrogens is 251 g/mol. The van der Waals surface area contributed by atoms with Crippen molar-refractivity contribution in [3.63, 3.8) is 0 Å². The zero-order valence-corrected chi connectivity index (χ0v) is 10.2. The van der Waals surface area contributed by atoms with Crippen LogP contribution in [0, 0.1) is 5.92 Å². The number of halogens is 3. The van der Waals surface area contributed by atoms with Crippen molar-refractivity contribution in [2.24, 2.45) is 5.92 Å². The van der Waals surface area contributed by atoms with Crippen molar-refractivity contribution in [2.45, 2.75) is 44.3 Å². The Balaban J connectivity index is 2.49. The Morgan fingerprint density at radius 1 is 1.56 bits per heavy atom. The fraction of sp³-hybridized carbons (Fsp3) is 0.909. The molecule has 2 N–H and O–H groups in total. The first-order valence-corrected chi connectivity index (χ1v) is 5.89. The number of aliphatic hydroxyl groups is 1. The van der Waals surface area contributed by atoms with E-state index in [9.17, 15) is 23.1 Å². The van der Waals surface area contributed by atoms with Gasteiger partial charge in [0.1, 0.15) is 0 Å². The third-order valence-electron chi connectivity index (χ3n) is 3.13. The fourth-order valence-electron chi connectivity index (χ4n) is 2.36. The lowest BCUT2D eigenvalue weighted by Crippen LogP contribution is -2.54. The highest BCUT2D eigenvalue weighted by atomic mass is 19.4. The van der Waals surface area contributed by atoms with E-state index in [1.165, 1.54) is 0 Å². The van der Waals surface area contributed by atoms with E-state index in [2.05, 4.69) is 10.1 Å². The lowest BCUT2D eigenvalue weighted by atomic mass is 9.77. The topological polar surface area (TPSA) is 58.6 Å². The summed E-state index contributed by atoms with van der Waals surface area (Å²) in [7, 11) is 0. The van der Waals surface area contributed by atoms with E-state index >= 15 is 0 Å². The molecule has 0 aromatic rings. The molecule has 4 nitrogen and oxygen atoms in total. The Hall–Kier alpha value is -0.980. The van der Waals surface area contributed by atoms with Crippen LogP contribution in [0.2, 0.25) is 0 Å². The number of carbonyl (C=O) groups is 1. The van der Waals surface area contributed by atoms with Crippen LogP contribution in [0.5, 0.6) is 0 Å². The number of amides is 1. The molecule has 1 amide bonds. The number of ether oxygens (including phenoxy) is 1. The molecule has 0 bridgehead atoms. The third kappa shape index (κ3) is 4.72. The highest BCUT2D eigenvalue weighted by Gasteiger charge is 2.37. The molecular formula is C11H18F3NO3. The fourth-order valence-corrected chi connectivity index (χ4v) is 2.36. The van der Waals surface area contributed by atoms with Gasteiger partial charge in [-0.3, -0.25) is 0 Å². The van der Waals surface area contributed by atoms with Gasteiger partial charge in [0.2, 0.25) is 0 Å². The molecule has 106 valence electrons. The molecule has 0 radical (unpaired) electrons. The minimum absolute atomic E-state index is 0.293.